The normalized spacial score (nSPS) is 12.6. The van der Waals surface area contributed by atoms with E-state index in [0.29, 0.717) is 24.2 Å². The minimum Gasteiger partial charge on any atom is -0.366 e. The van der Waals surface area contributed by atoms with Gasteiger partial charge in [0.15, 0.2) is 0 Å². The van der Waals surface area contributed by atoms with Gasteiger partial charge in [-0.25, -0.2) is 0 Å². The van der Waals surface area contributed by atoms with Crippen molar-refractivity contribution < 1.29 is 9.59 Å². The predicted molar refractivity (Wildman–Crippen MR) is 147 cm³/mol. The molecule has 182 valence electrons. The van der Waals surface area contributed by atoms with Crippen molar-refractivity contribution in [1.29, 1.82) is 0 Å². The number of rotatable bonds is 8. The maximum Gasteiger partial charge on any atom is 0.253 e. The Kier molecular flexibility index (Phi) is 7.43. The zero-order valence-corrected chi connectivity index (χ0v) is 20.9. The summed E-state index contributed by atoms with van der Waals surface area (Å²) in [7, 11) is 0. The predicted octanol–water partition coefficient (Wildman–Crippen LogP) is 5.46. The summed E-state index contributed by atoms with van der Waals surface area (Å²) in [6.45, 7) is 2.13. The van der Waals surface area contributed by atoms with E-state index in [2.05, 4.69) is 51.9 Å². The van der Waals surface area contributed by atoms with Gasteiger partial charge in [-0.15, -0.1) is 11.3 Å². The van der Waals surface area contributed by atoms with Gasteiger partial charge in [-0.2, -0.15) is 0 Å². The van der Waals surface area contributed by atoms with Crippen LogP contribution in [-0.4, -0.2) is 24.9 Å². The minimum atomic E-state index is -0.130. The highest BCUT2D eigenvalue weighted by Gasteiger charge is 2.22. The largest absolute Gasteiger partial charge is 0.366 e. The van der Waals surface area contributed by atoms with Crippen LogP contribution in [0.5, 0.6) is 0 Å². The lowest BCUT2D eigenvalue weighted by Crippen LogP contribution is -2.33. The average Bonchev–Trinajstić information content (AvgIpc) is 3.42. The molecular weight excluding hydrogens is 466 g/mol. The van der Waals surface area contributed by atoms with E-state index in [4.69, 9.17) is 0 Å². The molecule has 0 unspecified atom stereocenters. The fourth-order valence-electron chi connectivity index (χ4n) is 4.61. The summed E-state index contributed by atoms with van der Waals surface area (Å²) in [5.41, 5.74) is 5.92. The molecule has 0 fully saturated rings. The van der Waals surface area contributed by atoms with E-state index in [-0.39, 0.29) is 11.8 Å². The smallest absolute Gasteiger partial charge is 0.253 e. The molecule has 4 aromatic rings. The van der Waals surface area contributed by atoms with E-state index in [0.717, 1.165) is 36.5 Å². The van der Waals surface area contributed by atoms with Gasteiger partial charge in [-0.05, 0) is 59.2 Å². The summed E-state index contributed by atoms with van der Waals surface area (Å²) in [5, 5.41) is 8.02. The van der Waals surface area contributed by atoms with Gasteiger partial charge >= 0.3 is 0 Å². The second kappa shape index (κ2) is 11.2. The van der Waals surface area contributed by atoms with Crippen LogP contribution >= 0.6 is 11.3 Å². The van der Waals surface area contributed by atoms with Gasteiger partial charge in [0.05, 0.1) is 12.0 Å². The molecule has 2 N–H and O–H groups in total. The molecular formula is C30H29N3O2S. The molecule has 6 heteroatoms. The standard InChI is InChI=1S/C30H29N3O2S/c34-29(20-26-11-6-18-36-26)32-25-12-13-28(33-17-15-23-9-4-5-10-24(23)21-33)27(19-25)30(35)31-16-14-22-7-2-1-3-8-22/h1-13,18-19H,14-17,20-21H2,(H,31,35)(H,32,34). The molecule has 0 radical (unpaired) electrons. The minimum absolute atomic E-state index is 0.0902. The molecule has 36 heavy (non-hydrogen) atoms. The second-order valence-electron chi connectivity index (χ2n) is 8.97. The summed E-state index contributed by atoms with van der Waals surface area (Å²) in [6, 6.07) is 28.1. The third kappa shape index (κ3) is 5.83. The van der Waals surface area contributed by atoms with Gasteiger partial charge in [0.2, 0.25) is 5.91 Å². The Labute approximate surface area is 215 Å². The fourth-order valence-corrected chi connectivity index (χ4v) is 5.31. The fraction of sp³-hybridized carbons (Fsp3) is 0.200. The molecule has 5 nitrogen and oxygen atoms in total. The quantitative estimate of drug-likeness (QED) is 0.341. The van der Waals surface area contributed by atoms with Gasteiger partial charge in [-0.3, -0.25) is 9.59 Å². The van der Waals surface area contributed by atoms with Crippen LogP contribution in [-0.2, 0) is 30.6 Å². The number of fused-ring (bicyclic) bond motifs is 1. The lowest BCUT2D eigenvalue weighted by Gasteiger charge is -2.32. The monoisotopic (exact) mass is 495 g/mol. The summed E-state index contributed by atoms with van der Waals surface area (Å²) < 4.78 is 0. The van der Waals surface area contributed by atoms with Crippen LogP contribution < -0.4 is 15.5 Å². The zero-order valence-electron chi connectivity index (χ0n) is 20.1. The number of carbonyl (C=O) groups is 2. The van der Waals surface area contributed by atoms with Gasteiger partial charge in [0, 0.05) is 35.9 Å². The molecule has 3 aromatic carbocycles. The molecule has 1 aliphatic rings. The molecule has 5 rings (SSSR count). The molecule has 0 spiro atoms. The van der Waals surface area contributed by atoms with Gasteiger partial charge in [0.25, 0.3) is 5.91 Å². The number of carbonyl (C=O) groups excluding carboxylic acids is 2. The van der Waals surface area contributed by atoms with Gasteiger partial charge in [-0.1, -0.05) is 60.7 Å². The second-order valence-corrected chi connectivity index (χ2v) is 10.0. The highest BCUT2D eigenvalue weighted by molar-refractivity contribution is 7.10. The van der Waals surface area contributed by atoms with Crippen molar-refractivity contribution in [3.8, 4) is 0 Å². The van der Waals surface area contributed by atoms with E-state index in [1.165, 1.54) is 16.7 Å². The number of nitrogens with zero attached hydrogens (tertiary/aromatic N) is 1. The van der Waals surface area contributed by atoms with Crippen molar-refractivity contribution in [2.24, 2.45) is 0 Å². The number of anilines is 2. The lowest BCUT2D eigenvalue weighted by atomic mass is 9.98. The number of hydrogen-bond donors (Lipinski definition) is 2. The Hall–Kier alpha value is -3.90. The molecule has 0 aliphatic carbocycles. The topological polar surface area (TPSA) is 61.4 Å². The van der Waals surface area contributed by atoms with Crippen molar-refractivity contribution in [3.05, 3.63) is 117 Å². The Morgan fingerprint density at radius 3 is 2.50 bits per heavy atom. The lowest BCUT2D eigenvalue weighted by molar-refractivity contribution is -0.115. The van der Waals surface area contributed by atoms with E-state index in [1.54, 1.807) is 17.4 Å². The van der Waals surface area contributed by atoms with Crippen LogP contribution in [0.4, 0.5) is 11.4 Å². The van der Waals surface area contributed by atoms with E-state index >= 15 is 0 Å². The Morgan fingerprint density at radius 2 is 1.69 bits per heavy atom. The molecule has 0 saturated carbocycles. The average molecular weight is 496 g/mol. The van der Waals surface area contributed by atoms with Gasteiger partial charge < -0.3 is 15.5 Å². The van der Waals surface area contributed by atoms with Crippen LogP contribution in [0, 0.1) is 0 Å². The van der Waals surface area contributed by atoms with Crippen LogP contribution in [0.25, 0.3) is 0 Å². The number of amides is 2. The maximum atomic E-state index is 13.4. The van der Waals surface area contributed by atoms with Crippen molar-refractivity contribution in [2.45, 2.75) is 25.8 Å². The first-order valence-electron chi connectivity index (χ1n) is 12.3. The molecule has 0 bridgehead atoms. The Bertz CT molecular complexity index is 1340. The number of benzene rings is 3. The maximum absolute atomic E-state index is 13.4. The van der Waals surface area contributed by atoms with Crippen LogP contribution in [0.1, 0.15) is 31.9 Å². The highest BCUT2D eigenvalue weighted by atomic mass is 32.1. The van der Waals surface area contributed by atoms with E-state index in [1.807, 2.05) is 47.8 Å². The Morgan fingerprint density at radius 1 is 0.889 bits per heavy atom. The highest BCUT2D eigenvalue weighted by Crippen LogP contribution is 2.30. The van der Waals surface area contributed by atoms with Crippen molar-refractivity contribution in [2.75, 3.05) is 23.3 Å². The summed E-state index contributed by atoms with van der Waals surface area (Å²) in [6.07, 6.45) is 2.02. The van der Waals surface area contributed by atoms with Crippen molar-refractivity contribution >= 4 is 34.5 Å². The van der Waals surface area contributed by atoms with Crippen molar-refractivity contribution in [1.82, 2.24) is 5.32 Å². The molecule has 2 heterocycles. The first-order chi connectivity index (χ1) is 17.7. The molecule has 0 atom stereocenters. The van der Waals surface area contributed by atoms with Gasteiger partial charge in [0.1, 0.15) is 0 Å². The third-order valence-corrected chi connectivity index (χ3v) is 7.33. The summed E-state index contributed by atoms with van der Waals surface area (Å²) in [5.74, 6) is -0.221. The SMILES string of the molecule is O=C(Cc1cccs1)Nc1ccc(N2CCc3ccccc3C2)c(C(=O)NCCc2ccccc2)c1. The van der Waals surface area contributed by atoms with Crippen LogP contribution in [0.2, 0.25) is 0 Å². The third-order valence-electron chi connectivity index (χ3n) is 6.45. The van der Waals surface area contributed by atoms with Crippen LogP contribution in [0.15, 0.2) is 90.3 Å². The first-order valence-corrected chi connectivity index (χ1v) is 13.1. The molecule has 2 amide bonds. The zero-order chi connectivity index (χ0) is 24.7. The first kappa shape index (κ1) is 23.8. The molecule has 1 aliphatic heterocycles. The van der Waals surface area contributed by atoms with E-state index < -0.39 is 0 Å². The number of hydrogen-bond acceptors (Lipinski definition) is 4. The number of thiophene rings is 1. The molecule has 0 saturated heterocycles. The number of nitrogens with one attached hydrogen (secondary N) is 2. The summed E-state index contributed by atoms with van der Waals surface area (Å²) >= 11 is 1.56. The Balaban J connectivity index is 1.35. The van der Waals surface area contributed by atoms with Crippen LogP contribution in [0.3, 0.4) is 0 Å². The van der Waals surface area contributed by atoms with Crippen molar-refractivity contribution in [3.63, 3.8) is 0 Å². The molecule has 1 aromatic heterocycles. The van der Waals surface area contributed by atoms with E-state index in [9.17, 15) is 9.59 Å². The summed E-state index contributed by atoms with van der Waals surface area (Å²) in [4.78, 5) is 29.3.